The van der Waals surface area contributed by atoms with Crippen molar-refractivity contribution in [3.63, 3.8) is 0 Å². The summed E-state index contributed by atoms with van der Waals surface area (Å²) >= 11 is 0. The lowest BCUT2D eigenvalue weighted by Gasteiger charge is -2.31. The molecule has 19 heavy (non-hydrogen) atoms. The summed E-state index contributed by atoms with van der Waals surface area (Å²) in [5.41, 5.74) is 1.82. The highest BCUT2D eigenvalue weighted by Crippen LogP contribution is 2.20. The number of hydrogen-bond donors (Lipinski definition) is 1. The molecular weight excluding hydrogens is 238 g/mol. The maximum absolute atomic E-state index is 11.6. The number of benzene rings is 1. The van der Waals surface area contributed by atoms with E-state index in [0.717, 1.165) is 43.6 Å². The van der Waals surface area contributed by atoms with E-state index in [1.54, 1.807) is 7.05 Å². The van der Waals surface area contributed by atoms with Gasteiger partial charge in [0.2, 0.25) is 5.91 Å². The van der Waals surface area contributed by atoms with Crippen LogP contribution in [0.15, 0.2) is 24.3 Å². The molecule has 0 unspecified atom stereocenters. The van der Waals surface area contributed by atoms with Crippen molar-refractivity contribution in [2.75, 3.05) is 20.1 Å². The molecule has 0 atom stereocenters. The molecule has 1 aliphatic heterocycles. The Labute approximate surface area is 114 Å². The monoisotopic (exact) mass is 257 g/mol. The van der Waals surface area contributed by atoms with Gasteiger partial charge in [-0.1, -0.05) is 18.2 Å². The lowest BCUT2D eigenvalue weighted by atomic mass is 9.95. The molecule has 1 aromatic rings. The van der Waals surface area contributed by atoms with Crippen molar-refractivity contribution in [3.8, 4) is 6.07 Å². The summed E-state index contributed by atoms with van der Waals surface area (Å²) in [6.07, 6.45) is 1.79. The van der Waals surface area contributed by atoms with Crippen molar-refractivity contribution in [1.29, 1.82) is 5.26 Å². The summed E-state index contributed by atoms with van der Waals surface area (Å²) in [5.74, 6) is 0.296. The smallest absolute Gasteiger partial charge is 0.222 e. The third-order valence-electron chi connectivity index (χ3n) is 3.74. The van der Waals surface area contributed by atoms with Gasteiger partial charge in [0, 0.05) is 19.5 Å². The second-order valence-electron chi connectivity index (χ2n) is 4.93. The number of amides is 1. The van der Waals surface area contributed by atoms with Crippen LogP contribution in [0, 0.1) is 17.2 Å². The summed E-state index contributed by atoms with van der Waals surface area (Å²) < 4.78 is 0. The Hall–Kier alpha value is -1.86. The first-order valence-corrected chi connectivity index (χ1v) is 6.66. The number of piperidine rings is 1. The second-order valence-corrected chi connectivity index (χ2v) is 4.93. The Morgan fingerprint density at radius 3 is 2.74 bits per heavy atom. The molecule has 1 amide bonds. The van der Waals surface area contributed by atoms with Gasteiger partial charge in [0.1, 0.15) is 0 Å². The predicted molar refractivity (Wildman–Crippen MR) is 73.2 cm³/mol. The van der Waals surface area contributed by atoms with Crippen molar-refractivity contribution < 1.29 is 4.79 Å². The molecule has 1 fully saturated rings. The van der Waals surface area contributed by atoms with Crippen molar-refractivity contribution in [3.05, 3.63) is 35.4 Å². The minimum Gasteiger partial charge on any atom is -0.359 e. The van der Waals surface area contributed by atoms with Crippen LogP contribution < -0.4 is 5.32 Å². The van der Waals surface area contributed by atoms with E-state index in [9.17, 15) is 4.79 Å². The standard InChI is InChI=1S/C15H19N3O/c1-17-15(19)12-6-8-18(9-7-12)11-14-5-3-2-4-13(14)10-16/h2-5,12H,6-9,11H2,1H3,(H,17,19). The molecule has 1 heterocycles. The van der Waals surface area contributed by atoms with Crippen LogP contribution in [0.25, 0.3) is 0 Å². The minimum atomic E-state index is 0.146. The molecule has 4 nitrogen and oxygen atoms in total. The highest BCUT2D eigenvalue weighted by molar-refractivity contribution is 5.78. The van der Waals surface area contributed by atoms with Gasteiger partial charge in [0.05, 0.1) is 11.6 Å². The average Bonchev–Trinajstić information content (AvgIpc) is 2.48. The zero-order chi connectivity index (χ0) is 13.7. The number of rotatable bonds is 3. The van der Waals surface area contributed by atoms with Gasteiger partial charge in [0.15, 0.2) is 0 Å². The van der Waals surface area contributed by atoms with Crippen molar-refractivity contribution in [1.82, 2.24) is 10.2 Å². The molecular formula is C15H19N3O. The van der Waals surface area contributed by atoms with Gasteiger partial charge in [-0.3, -0.25) is 9.69 Å². The quantitative estimate of drug-likeness (QED) is 0.893. The SMILES string of the molecule is CNC(=O)C1CCN(Cc2ccccc2C#N)CC1. The lowest BCUT2D eigenvalue weighted by molar-refractivity contribution is -0.125. The summed E-state index contributed by atoms with van der Waals surface area (Å²) in [5, 5.41) is 11.8. The van der Waals surface area contributed by atoms with Crippen LogP contribution >= 0.6 is 0 Å². The molecule has 100 valence electrons. The Morgan fingerprint density at radius 2 is 2.11 bits per heavy atom. The second kappa shape index (κ2) is 6.35. The number of carbonyl (C=O) groups excluding carboxylic acids is 1. The molecule has 0 bridgehead atoms. The van der Waals surface area contributed by atoms with Crippen LogP contribution in [0.3, 0.4) is 0 Å². The summed E-state index contributed by atoms with van der Waals surface area (Å²) in [7, 11) is 1.69. The van der Waals surface area contributed by atoms with E-state index < -0.39 is 0 Å². The maximum Gasteiger partial charge on any atom is 0.222 e. The van der Waals surface area contributed by atoms with Gasteiger partial charge in [0.25, 0.3) is 0 Å². The van der Waals surface area contributed by atoms with E-state index in [4.69, 9.17) is 5.26 Å². The number of hydrogen-bond acceptors (Lipinski definition) is 3. The molecule has 0 saturated carbocycles. The Kier molecular flexibility index (Phi) is 4.53. The Balaban J connectivity index is 1.93. The summed E-state index contributed by atoms with van der Waals surface area (Å²) in [4.78, 5) is 13.9. The fraction of sp³-hybridized carbons (Fsp3) is 0.467. The summed E-state index contributed by atoms with van der Waals surface area (Å²) in [6, 6.07) is 9.94. The van der Waals surface area contributed by atoms with E-state index in [2.05, 4.69) is 16.3 Å². The largest absolute Gasteiger partial charge is 0.359 e. The van der Waals surface area contributed by atoms with Gasteiger partial charge in [-0.15, -0.1) is 0 Å². The number of nitrogens with one attached hydrogen (secondary N) is 1. The van der Waals surface area contributed by atoms with E-state index in [0.29, 0.717) is 0 Å². The van der Waals surface area contributed by atoms with E-state index in [1.165, 1.54) is 0 Å². The molecule has 2 rings (SSSR count). The van der Waals surface area contributed by atoms with Crippen LogP contribution in [0.5, 0.6) is 0 Å². The van der Waals surface area contributed by atoms with Gasteiger partial charge in [-0.05, 0) is 37.6 Å². The van der Waals surface area contributed by atoms with Crippen molar-refractivity contribution in [2.45, 2.75) is 19.4 Å². The topological polar surface area (TPSA) is 56.1 Å². The summed E-state index contributed by atoms with van der Waals surface area (Å²) in [6.45, 7) is 2.62. The van der Waals surface area contributed by atoms with E-state index in [1.807, 2.05) is 24.3 Å². The fourth-order valence-electron chi connectivity index (χ4n) is 2.57. The number of nitrogens with zero attached hydrogens (tertiary/aromatic N) is 2. The van der Waals surface area contributed by atoms with Crippen LogP contribution in [0.1, 0.15) is 24.0 Å². The molecule has 0 radical (unpaired) electrons. The molecule has 1 saturated heterocycles. The normalized spacial score (nSPS) is 16.8. The molecule has 1 aromatic carbocycles. The minimum absolute atomic E-state index is 0.146. The molecule has 0 aromatic heterocycles. The average molecular weight is 257 g/mol. The third-order valence-corrected chi connectivity index (χ3v) is 3.74. The first kappa shape index (κ1) is 13.6. The number of likely N-dealkylation sites (tertiary alicyclic amines) is 1. The van der Waals surface area contributed by atoms with Gasteiger partial charge in [-0.2, -0.15) is 5.26 Å². The van der Waals surface area contributed by atoms with Crippen LogP contribution in [-0.4, -0.2) is 30.9 Å². The first-order valence-electron chi connectivity index (χ1n) is 6.66. The van der Waals surface area contributed by atoms with Gasteiger partial charge >= 0.3 is 0 Å². The molecule has 0 aliphatic carbocycles. The van der Waals surface area contributed by atoms with Crippen molar-refractivity contribution >= 4 is 5.91 Å². The third kappa shape index (κ3) is 3.33. The first-order chi connectivity index (χ1) is 9.24. The maximum atomic E-state index is 11.6. The van der Waals surface area contributed by atoms with Gasteiger partial charge in [-0.25, -0.2) is 0 Å². The highest BCUT2D eigenvalue weighted by atomic mass is 16.1. The van der Waals surface area contributed by atoms with Crippen LogP contribution in [0.4, 0.5) is 0 Å². The number of nitriles is 1. The highest BCUT2D eigenvalue weighted by Gasteiger charge is 2.24. The fourth-order valence-corrected chi connectivity index (χ4v) is 2.57. The predicted octanol–water partition coefficient (Wildman–Crippen LogP) is 1.52. The molecule has 4 heteroatoms. The van der Waals surface area contributed by atoms with Gasteiger partial charge < -0.3 is 5.32 Å². The lowest BCUT2D eigenvalue weighted by Crippen LogP contribution is -2.39. The Bertz CT molecular complexity index is 484. The number of carbonyl (C=O) groups is 1. The van der Waals surface area contributed by atoms with Crippen LogP contribution in [0.2, 0.25) is 0 Å². The van der Waals surface area contributed by atoms with Crippen LogP contribution in [-0.2, 0) is 11.3 Å². The molecule has 0 spiro atoms. The van der Waals surface area contributed by atoms with E-state index in [-0.39, 0.29) is 11.8 Å². The molecule has 1 aliphatic rings. The Morgan fingerprint density at radius 1 is 1.42 bits per heavy atom. The molecule has 1 N–H and O–H groups in total. The van der Waals surface area contributed by atoms with E-state index >= 15 is 0 Å². The zero-order valence-electron chi connectivity index (χ0n) is 11.2. The zero-order valence-corrected chi connectivity index (χ0v) is 11.2. The van der Waals surface area contributed by atoms with Crippen molar-refractivity contribution in [2.24, 2.45) is 5.92 Å².